The second kappa shape index (κ2) is 6.13. The molecule has 2 heteroatoms. The molecule has 0 nitrogen and oxygen atoms in total. The van der Waals surface area contributed by atoms with Crippen molar-refractivity contribution in [3.8, 4) is 11.1 Å². The second-order valence-electron chi connectivity index (χ2n) is 7.34. The van der Waals surface area contributed by atoms with Gasteiger partial charge in [-0.3, -0.25) is 0 Å². The molecule has 0 aliphatic heterocycles. The van der Waals surface area contributed by atoms with Crippen LogP contribution in [0.25, 0.3) is 11.1 Å². The zero-order chi connectivity index (χ0) is 19.3. The van der Waals surface area contributed by atoms with Gasteiger partial charge in [0, 0.05) is 0 Å². The molecule has 0 saturated carbocycles. The minimum atomic E-state index is -0.820. The lowest BCUT2D eigenvalue weighted by Crippen LogP contribution is -2.28. The predicted molar refractivity (Wildman–Crippen MR) is 108 cm³/mol. The second-order valence-corrected chi connectivity index (χ2v) is 7.34. The molecule has 5 rings (SSSR count). The molecule has 0 spiro atoms. The molecule has 0 fully saturated rings. The lowest BCUT2D eigenvalue weighted by atomic mass is 9.67. The van der Waals surface area contributed by atoms with E-state index in [0.29, 0.717) is 0 Å². The lowest BCUT2D eigenvalue weighted by molar-refractivity contribution is 0.506. The van der Waals surface area contributed by atoms with Gasteiger partial charge in [0.1, 0.15) is 0 Å². The fourth-order valence-corrected chi connectivity index (χ4v) is 4.60. The number of halogens is 2. The van der Waals surface area contributed by atoms with Crippen LogP contribution in [0.4, 0.5) is 8.78 Å². The van der Waals surface area contributed by atoms with Gasteiger partial charge in [-0.05, 0) is 52.4 Å². The molecule has 0 amide bonds. The molecular weight excluding hydrogens is 350 g/mol. The summed E-state index contributed by atoms with van der Waals surface area (Å²) < 4.78 is 28.7. The van der Waals surface area contributed by atoms with Crippen molar-refractivity contribution in [1.82, 2.24) is 0 Å². The normalized spacial score (nSPS) is 13.8. The van der Waals surface area contributed by atoms with E-state index >= 15 is 0 Å². The summed E-state index contributed by atoms with van der Waals surface area (Å²) in [6, 6.07) is 29.1. The van der Waals surface area contributed by atoms with Gasteiger partial charge in [0.25, 0.3) is 0 Å². The van der Waals surface area contributed by atoms with Crippen LogP contribution in [-0.2, 0) is 5.41 Å². The number of aryl methyl sites for hydroxylation is 1. The molecule has 0 radical (unpaired) electrons. The van der Waals surface area contributed by atoms with E-state index in [2.05, 4.69) is 42.5 Å². The zero-order valence-corrected chi connectivity index (χ0v) is 15.4. The standard InChI is InChI=1S/C26H18F2/c1-17-12-13-22-20(14-17)21-15-24(27)25(28)16-23(21)26(22,18-8-4-2-5-9-18)19-10-6-3-7-11-19/h2-16H,1H3. The zero-order valence-electron chi connectivity index (χ0n) is 15.4. The topological polar surface area (TPSA) is 0 Å². The highest BCUT2D eigenvalue weighted by Gasteiger charge is 2.46. The molecule has 4 aromatic rings. The number of rotatable bonds is 2. The van der Waals surface area contributed by atoms with Gasteiger partial charge in [-0.1, -0.05) is 84.4 Å². The van der Waals surface area contributed by atoms with Crippen molar-refractivity contribution in [3.63, 3.8) is 0 Å². The van der Waals surface area contributed by atoms with Gasteiger partial charge in [-0.2, -0.15) is 0 Å². The van der Waals surface area contributed by atoms with E-state index in [4.69, 9.17) is 0 Å². The maximum Gasteiger partial charge on any atom is 0.159 e. The Morgan fingerprint density at radius 1 is 0.571 bits per heavy atom. The maximum atomic E-state index is 14.5. The number of hydrogen-bond donors (Lipinski definition) is 0. The van der Waals surface area contributed by atoms with Crippen molar-refractivity contribution >= 4 is 0 Å². The van der Waals surface area contributed by atoms with Crippen LogP contribution >= 0.6 is 0 Å². The Balaban J connectivity index is 2.00. The van der Waals surface area contributed by atoms with Gasteiger partial charge in [0.15, 0.2) is 11.6 Å². The fraction of sp³-hybridized carbons (Fsp3) is 0.0769. The van der Waals surface area contributed by atoms with Gasteiger partial charge in [0.05, 0.1) is 5.41 Å². The first kappa shape index (κ1) is 16.9. The summed E-state index contributed by atoms with van der Waals surface area (Å²) in [5, 5.41) is 0. The van der Waals surface area contributed by atoms with Crippen LogP contribution in [0.1, 0.15) is 27.8 Å². The third kappa shape index (κ3) is 2.21. The lowest BCUT2D eigenvalue weighted by Gasteiger charge is -2.33. The van der Waals surface area contributed by atoms with E-state index in [0.717, 1.165) is 38.9 Å². The largest absolute Gasteiger partial charge is 0.204 e. The predicted octanol–water partition coefficient (Wildman–Crippen LogP) is 6.64. The van der Waals surface area contributed by atoms with Crippen molar-refractivity contribution < 1.29 is 8.78 Å². The quantitative estimate of drug-likeness (QED) is 0.328. The summed E-state index contributed by atoms with van der Waals surface area (Å²) in [6.07, 6.45) is 0. The van der Waals surface area contributed by atoms with Gasteiger partial charge in [-0.15, -0.1) is 0 Å². The van der Waals surface area contributed by atoms with Crippen LogP contribution in [0.15, 0.2) is 91.0 Å². The van der Waals surface area contributed by atoms with Gasteiger partial charge >= 0.3 is 0 Å². The molecule has 0 heterocycles. The summed E-state index contributed by atoms with van der Waals surface area (Å²) in [5.74, 6) is -1.64. The third-order valence-electron chi connectivity index (χ3n) is 5.75. The molecule has 28 heavy (non-hydrogen) atoms. The molecule has 0 saturated heterocycles. The molecule has 1 aliphatic rings. The summed E-state index contributed by atoms with van der Waals surface area (Å²) >= 11 is 0. The minimum Gasteiger partial charge on any atom is -0.204 e. The SMILES string of the molecule is Cc1ccc2c(c1)-c1cc(F)c(F)cc1C2(c1ccccc1)c1ccccc1. The maximum absolute atomic E-state index is 14.5. The number of fused-ring (bicyclic) bond motifs is 3. The van der Waals surface area contributed by atoms with Crippen LogP contribution < -0.4 is 0 Å². The summed E-state index contributed by atoms with van der Waals surface area (Å²) in [7, 11) is 0. The first-order valence-electron chi connectivity index (χ1n) is 9.34. The van der Waals surface area contributed by atoms with Crippen LogP contribution in [0.5, 0.6) is 0 Å². The van der Waals surface area contributed by atoms with Crippen molar-refractivity contribution in [2.75, 3.05) is 0 Å². The van der Waals surface area contributed by atoms with E-state index in [1.165, 1.54) is 12.1 Å². The van der Waals surface area contributed by atoms with E-state index in [9.17, 15) is 8.78 Å². The van der Waals surface area contributed by atoms with Crippen LogP contribution in [-0.4, -0.2) is 0 Å². The Morgan fingerprint density at radius 2 is 1.11 bits per heavy atom. The number of hydrogen-bond acceptors (Lipinski definition) is 0. The van der Waals surface area contributed by atoms with E-state index in [-0.39, 0.29) is 0 Å². The molecular formula is C26H18F2. The average molecular weight is 368 g/mol. The Hall–Kier alpha value is -3.26. The highest BCUT2D eigenvalue weighted by Crippen LogP contribution is 2.56. The Bertz CT molecular complexity index is 1140. The first-order valence-corrected chi connectivity index (χ1v) is 9.34. The first-order chi connectivity index (χ1) is 13.6. The van der Waals surface area contributed by atoms with Crippen molar-refractivity contribution in [3.05, 3.63) is 130 Å². The molecule has 4 aromatic carbocycles. The van der Waals surface area contributed by atoms with Crippen molar-refractivity contribution in [2.24, 2.45) is 0 Å². The van der Waals surface area contributed by atoms with Crippen LogP contribution in [0, 0.1) is 18.6 Å². The van der Waals surface area contributed by atoms with Gasteiger partial charge in [-0.25, -0.2) is 8.78 Å². The third-order valence-corrected chi connectivity index (χ3v) is 5.75. The molecule has 1 aliphatic carbocycles. The van der Waals surface area contributed by atoms with Crippen LogP contribution in [0.2, 0.25) is 0 Å². The number of benzene rings is 4. The molecule has 0 atom stereocenters. The molecule has 0 unspecified atom stereocenters. The van der Waals surface area contributed by atoms with E-state index in [1.807, 2.05) is 43.3 Å². The van der Waals surface area contributed by atoms with E-state index < -0.39 is 17.0 Å². The minimum absolute atomic E-state index is 0.685. The Labute approximate surface area is 163 Å². The van der Waals surface area contributed by atoms with Gasteiger partial charge < -0.3 is 0 Å². The molecule has 0 aromatic heterocycles. The van der Waals surface area contributed by atoms with Crippen molar-refractivity contribution in [1.29, 1.82) is 0 Å². The fourth-order valence-electron chi connectivity index (χ4n) is 4.60. The smallest absolute Gasteiger partial charge is 0.159 e. The average Bonchev–Trinajstić information content (AvgIpc) is 2.99. The Morgan fingerprint density at radius 3 is 1.71 bits per heavy atom. The molecule has 0 N–H and O–H groups in total. The molecule has 136 valence electrons. The summed E-state index contributed by atoms with van der Waals surface area (Å²) in [5.41, 5.74) is 6.03. The highest BCUT2D eigenvalue weighted by atomic mass is 19.2. The molecule has 0 bridgehead atoms. The highest BCUT2D eigenvalue weighted by molar-refractivity contribution is 5.86. The van der Waals surface area contributed by atoms with Crippen molar-refractivity contribution in [2.45, 2.75) is 12.3 Å². The monoisotopic (exact) mass is 368 g/mol. The van der Waals surface area contributed by atoms with E-state index in [1.54, 1.807) is 0 Å². The Kier molecular flexibility index (Phi) is 3.70. The summed E-state index contributed by atoms with van der Waals surface area (Å²) in [4.78, 5) is 0. The van der Waals surface area contributed by atoms with Gasteiger partial charge in [0.2, 0.25) is 0 Å². The summed E-state index contributed by atoms with van der Waals surface area (Å²) in [6.45, 7) is 2.02. The van der Waals surface area contributed by atoms with Crippen LogP contribution in [0.3, 0.4) is 0 Å².